The number of nitrogens with zero attached hydrogens (tertiary/aromatic N) is 1. The molecule has 1 fully saturated rings. The molecular weight excluding hydrogens is 192 g/mol. The van der Waals surface area contributed by atoms with Gasteiger partial charge in [0.25, 0.3) is 0 Å². The molecular formula is C7H14N2O3S. The Morgan fingerprint density at radius 2 is 1.85 bits per heavy atom. The molecule has 13 heavy (non-hydrogen) atoms. The summed E-state index contributed by atoms with van der Waals surface area (Å²) in [5.41, 5.74) is 5.07. The van der Waals surface area contributed by atoms with Crippen molar-refractivity contribution in [1.29, 1.82) is 0 Å². The maximum atomic E-state index is 11.1. The molecule has 0 saturated carbocycles. The monoisotopic (exact) mass is 206 g/mol. The smallest absolute Gasteiger partial charge is 0.314 e. The second kappa shape index (κ2) is 3.53. The first-order valence-electron chi connectivity index (χ1n) is 4.15. The molecule has 6 heteroatoms. The zero-order valence-electron chi connectivity index (χ0n) is 7.56. The highest BCUT2D eigenvalue weighted by Crippen LogP contribution is 2.16. The first kappa shape index (κ1) is 10.3. The quantitative estimate of drug-likeness (QED) is 0.632. The van der Waals surface area contributed by atoms with Crippen molar-refractivity contribution in [2.45, 2.75) is 18.9 Å². The Bertz CT molecular complexity index is 285. The number of urea groups is 1. The van der Waals surface area contributed by atoms with Gasteiger partial charge in [-0.3, -0.25) is 0 Å². The highest BCUT2D eigenvalue weighted by molar-refractivity contribution is 7.91. The average Bonchev–Trinajstić information content (AvgIpc) is 2.03. The Morgan fingerprint density at radius 3 is 2.23 bits per heavy atom. The van der Waals surface area contributed by atoms with Gasteiger partial charge in [0.05, 0.1) is 11.5 Å². The van der Waals surface area contributed by atoms with E-state index in [9.17, 15) is 13.2 Å². The minimum Gasteiger partial charge on any atom is -0.351 e. The fourth-order valence-electron chi connectivity index (χ4n) is 1.44. The largest absolute Gasteiger partial charge is 0.351 e. The van der Waals surface area contributed by atoms with Gasteiger partial charge in [0, 0.05) is 13.1 Å². The van der Waals surface area contributed by atoms with Gasteiger partial charge < -0.3 is 10.6 Å². The molecule has 0 unspecified atom stereocenters. The van der Waals surface area contributed by atoms with E-state index in [-0.39, 0.29) is 17.5 Å². The normalized spacial score (nSPS) is 22.5. The molecule has 0 radical (unpaired) electrons. The lowest BCUT2D eigenvalue weighted by Crippen LogP contribution is -2.44. The third-order valence-corrected chi connectivity index (χ3v) is 4.13. The SMILES string of the molecule is CN(C(N)=O)C1CCS(=O)(=O)CC1. The maximum Gasteiger partial charge on any atom is 0.314 e. The van der Waals surface area contributed by atoms with Gasteiger partial charge in [0.2, 0.25) is 0 Å². The number of sulfone groups is 1. The maximum absolute atomic E-state index is 11.1. The highest BCUT2D eigenvalue weighted by atomic mass is 32.2. The highest BCUT2D eigenvalue weighted by Gasteiger charge is 2.27. The van der Waals surface area contributed by atoms with E-state index in [2.05, 4.69) is 0 Å². The van der Waals surface area contributed by atoms with Crippen LogP contribution in [0.1, 0.15) is 12.8 Å². The van der Waals surface area contributed by atoms with E-state index in [0.29, 0.717) is 12.8 Å². The average molecular weight is 206 g/mol. The fraction of sp³-hybridized carbons (Fsp3) is 0.857. The molecule has 1 saturated heterocycles. The summed E-state index contributed by atoms with van der Waals surface area (Å²) in [4.78, 5) is 12.2. The van der Waals surface area contributed by atoms with Crippen molar-refractivity contribution >= 4 is 15.9 Å². The van der Waals surface area contributed by atoms with E-state index in [4.69, 9.17) is 5.73 Å². The van der Waals surface area contributed by atoms with Crippen LogP contribution in [-0.2, 0) is 9.84 Å². The van der Waals surface area contributed by atoms with Gasteiger partial charge in [-0.15, -0.1) is 0 Å². The molecule has 0 aliphatic carbocycles. The third kappa shape index (κ3) is 2.58. The van der Waals surface area contributed by atoms with Gasteiger partial charge in [0.1, 0.15) is 9.84 Å². The van der Waals surface area contributed by atoms with Crippen molar-refractivity contribution in [3.63, 3.8) is 0 Å². The molecule has 1 aliphatic heterocycles. The van der Waals surface area contributed by atoms with E-state index < -0.39 is 15.9 Å². The topological polar surface area (TPSA) is 80.5 Å². The molecule has 0 aromatic rings. The lowest BCUT2D eigenvalue weighted by Gasteiger charge is -2.29. The number of hydrogen-bond donors (Lipinski definition) is 1. The summed E-state index contributed by atoms with van der Waals surface area (Å²) < 4.78 is 22.1. The molecule has 0 aromatic heterocycles. The molecule has 1 rings (SSSR count). The number of hydrogen-bond acceptors (Lipinski definition) is 3. The van der Waals surface area contributed by atoms with Crippen molar-refractivity contribution in [3.8, 4) is 0 Å². The number of amides is 2. The van der Waals surface area contributed by atoms with Gasteiger partial charge in [-0.1, -0.05) is 0 Å². The van der Waals surface area contributed by atoms with E-state index in [0.717, 1.165) is 0 Å². The van der Waals surface area contributed by atoms with Crippen molar-refractivity contribution in [1.82, 2.24) is 4.90 Å². The molecule has 0 bridgehead atoms. The summed E-state index contributed by atoms with van der Waals surface area (Å²) in [5.74, 6) is 0.324. The second-order valence-corrected chi connectivity index (χ2v) is 5.64. The molecule has 1 heterocycles. The van der Waals surface area contributed by atoms with Crippen molar-refractivity contribution in [3.05, 3.63) is 0 Å². The van der Waals surface area contributed by atoms with Crippen LogP contribution in [0.15, 0.2) is 0 Å². The van der Waals surface area contributed by atoms with E-state index in [1.54, 1.807) is 7.05 Å². The Labute approximate surface area is 77.8 Å². The Hall–Kier alpha value is -0.780. The second-order valence-electron chi connectivity index (χ2n) is 3.33. The lowest BCUT2D eigenvalue weighted by atomic mass is 10.1. The van der Waals surface area contributed by atoms with Gasteiger partial charge in [-0.2, -0.15) is 0 Å². The van der Waals surface area contributed by atoms with Crippen molar-refractivity contribution < 1.29 is 13.2 Å². The summed E-state index contributed by atoms with van der Waals surface area (Å²) in [6, 6.07) is -0.509. The molecule has 5 nitrogen and oxygen atoms in total. The Morgan fingerprint density at radius 1 is 1.38 bits per heavy atom. The van der Waals surface area contributed by atoms with Crippen LogP contribution in [0, 0.1) is 0 Å². The minimum atomic E-state index is -2.85. The van der Waals surface area contributed by atoms with Crippen LogP contribution in [-0.4, -0.2) is 43.9 Å². The van der Waals surface area contributed by atoms with Crippen molar-refractivity contribution in [2.24, 2.45) is 5.73 Å². The fourth-order valence-corrected chi connectivity index (χ4v) is 2.91. The third-order valence-electron chi connectivity index (χ3n) is 2.42. The molecule has 0 spiro atoms. The van der Waals surface area contributed by atoms with Crippen LogP contribution in [0.4, 0.5) is 4.79 Å². The van der Waals surface area contributed by atoms with Gasteiger partial charge in [0.15, 0.2) is 0 Å². The summed E-state index contributed by atoms with van der Waals surface area (Å²) >= 11 is 0. The van der Waals surface area contributed by atoms with E-state index in [1.807, 2.05) is 0 Å². The molecule has 0 atom stereocenters. The first-order chi connectivity index (χ1) is 5.92. The van der Waals surface area contributed by atoms with Gasteiger partial charge >= 0.3 is 6.03 Å². The summed E-state index contributed by atoms with van der Waals surface area (Å²) in [5, 5.41) is 0. The molecule has 2 amide bonds. The van der Waals surface area contributed by atoms with Crippen LogP contribution >= 0.6 is 0 Å². The molecule has 1 aliphatic rings. The van der Waals surface area contributed by atoms with Crippen LogP contribution in [0.2, 0.25) is 0 Å². The number of primary amides is 1. The summed E-state index contributed by atoms with van der Waals surface area (Å²) in [6.07, 6.45) is 1.00. The molecule has 76 valence electrons. The molecule has 0 aromatic carbocycles. The number of carbonyl (C=O) groups excluding carboxylic acids is 1. The Kier molecular flexibility index (Phi) is 2.80. The van der Waals surface area contributed by atoms with Crippen LogP contribution in [0.3, 0.4) is 0 Å². The minimum absolute atomic E-state index is 0.0129. The zero-order chi connectivity index (χ0) is 10.1. The standard InChI is InChI=1S/C7H14N2O3S/c1-9(7(8)10)6-2-4-13(11,12)5-3-6/h6H,2-5H2,1H3,(H2,8,10). The van der Waals surface area contributed by atoms with Crippen LogP contribution in [0.25, 0.3) is 0 Å². The number of rotatable bonds is 1. The van der Waals surface area contributed by atoms with Gasteiger partial charge in [-0.25, -0.2) is 13.2 Å². The van der Waals surface area contributed by atoms with Crippen LogP contribution in [0.5, 0.6) is 0 Å². The number of carbonyl (C=O) groups is 1. The van der Waals surface area contributed by atoms with Crippen LogP contribution < -0.4 is 5.73 Å². The lowest BCUT2D eigenvalue weighted by molar-refractivity contribution is 0.195. The Balaban J connectivity index is 2.55. The molecule has 2 N–H and O–H groups in total. The zero-order valence-corrected chi connectivity index (χ0v) is 8.38. The first-order valence-corrected chi connectivity index (χ1v) is 5.97. The van der Waals surface area contributed by atoms with Crippen molar-refractivity contribution in [2.75, 3.05) is 18.6 Å². The van der Waals surface area contributed by atoms with E-state index in [1.165, 1.54) is 4.90 Å². The summed E-state index contributed by atoms with van der Waals surface area (Å²) in [7, 11) is -1.25. The summed E-state index contributed by atoms with van der Waals surface area (Å²) in [6.45, 7) is 0. The number of nitrogens with two attached hydrogens (primary N) is 1. The predicted molar refractivity (Wildman–Crippen MR) is 49.0 cm³/mol. The van der Waals surface area contributed by atoms with E-state index >= 15 is 0 Å². The van der Waals surface area contributed by atoms with Gasteiger partial charge in [-0.05, 0) is 12.8 Å². The predicted octanol–water partition coefficient (Wildman–Crippen LogP) is -0.426.